The van der Waals surface area contributed by atoms with Crippen LogP contribution < -0.4 is 9.47 Å². The highest BCUT2D eigenvalue weighted by atomic mass is 16.7. The predicted molar refractivity (Wildman–Crippen MR) is 101 cm³/mol. The molecule has 1 aliphatic carbocycles. The summed E-state index contributed by atoms with van der Waals surface area (Å²) in [6, 6.07) is 14.6. The normalized spacial score (nSPS) is 21.3. The number of piperidine rings is 1. The molecule has 3 aliphatic rings. The van der Waals surface area contributed by atoms with Crippen LogP contribution >= 0.6 is 0 Å². The Morgan fingerprint density at radius 1 is 0.923 bits per heavy atom. The quantitative estimate of drug-likeness (QED) is 0.714. The molecule has 0 atom stereocenters. The van der Waals surface area contributed by atoms with E-state index in [1.165, 1.54) is 19.3 Å². The van der Waals surface area contributed by atoms with Crippen LogP contribution in [0.5, 0.6) is 11.5 Å². The molecule has 0 aromatic heterocycles. The monoisotopic (exact) mass is 346 g/mol. The first-order valence-electron chi connectivity index (χ1n) is 9.49. The summed E-state index contributed by atoms with van der Waals surface area (Å²) in [5.41, 5.74) is 2.84. The van der Waals surface area contributed by atoms with E-state index in [9.17, 15) is 0 Å². The Morgan fingerprint density at radius 3 is 2.27 bits per heavy atom. The Kier molecular flexibility index (Phi) is 3.65. The van der Waals surface area contributed by atoms with Crippen LogP contribution in [0.25, 0.3) is 16.0 Å². The second kappa shape index (κ2) is 6.03. The first kappa shape index (κ1) is 15.7. The standard InChI is InChI=1S/C22H22N2O2/c1-23-18-8-5-16(6-9-18)17-7-10-20-21(15-17)26-22(25-20)11-13-24(14-12-22)19-3-2-4-19/h5-10,15,19H,2-4,11-14H2. The van der Waals surface area contributed by atoms with E-state index in [0.717, 1.165) is 54.6 Å². The van der Waals surface area contributed by atoms with Gasteiger partial charge in [0, 0.05) is 32.0 Å². The molecule has 132 valence electrons. The van der Waals surface area contributed by atoms with E-state index in [2.05, 4.69) is 21.9 Å². The first-order valence-corrected chi connectivity index (χ1v) is 9.49. The highest BCUT2D eigenvalue weighted by Crippen LogP contribution is 2.46. The van der Waals surface area contributed by atoms with Crippen molar-refractivity contribution in [3.05, 3.63) is 53.9 Å². The number of rotatable bonds is 2. The zero-order valence-electron chi connectivity index (χ0n) is 14.8. The minimum absolute atomic E-state index is 0.477. The lowest BCUT2D eigenvalue weighted by Crippen LogP contribution is -2.53. The summed E-state index contributed by atoms with van der Waals surface area (Å²) in [5.74, 6) is 1.22. The van der Waals surface area contributed by atoms with Crippen molar-refractivity contribution in [3.63, 3.8) is 0 Å². The predicted octanol–water partition coefficient (Wildman–Crippen LogP) is 5.02. The van der Waals surface area contributed by atoms with Crippen molar-refractivity contribution < 1.29 is 9.47 Å². The lowest BCUT2D eigenvalue weighted by atomic mass is 9.89. The highest BCUT2D eigenvalue weighted by molar-refractivity contribution is 5.69. The molecular weight excluding hydrogens is 324 g/mol. The van der Waals surface area contributed by atoms with Crippen LogP contribution in [0.2, 0.25) is 0 Å². The van der Waals surface area contributed by atoms with E-state index in [0.29, 0.717) is 5.69 Å². The summed E-state index contributed by atoms with van der Waals surface area (Å²) in [4.78, 5) is 6.06. The summed E-state index contributed by atoms with van der Waals surface area (Å²) < 4.78 is 12.6. The van der Waals surface area contributed by atoms with E-state index in [1.54, 1.807) is 0 Å². The third-order valence-electron chi connectivity index (χ3n) is 6.02. The molecule has 0 N–H and O–H groups in total. The summed E-state index contributed by atoms with van der Waals surface area (Å²) in [5, 5.41) is 0. The van der Waals surface area contributed by atoms with Crippen LogP contribution in [0.1, 0.15) is 32.1 Å². The topological polar surface area (TPSA) is 26.1 Å². The fourth-order valence-electron chi connectivity index (χ4n) is 4.19. The molecule has 0 radical (unpaired) electrons. The van der Waals surface area contributed by atoms with E-state index in [4.69, 9.17) is 16.0 Å². The van der Waals surface area contributed by atoms with Gasteiger partial charge in [-0.15, -0.1) is 0 Å². The van der Waals surface area contributed by atoms with Gasteiger partial charge in [0.25, 0.3) is 5.79 Å². The molecule has 4 heteroatoms. The van der Waals surface area contributed by atoms with Crippen molar-refractivity contribution in [1.29, 1.82) is 0 Å². The Hall–Kier alpha value is -2.51. The molecule has 0 unspecified atom stereocenters. The third kappa shape index (κ3) is 2.64. The lowest BCUT2D eigenvalue weighted by molar-refractivity contribution is -0.126. The van der Waals surface area contributed by atoms with Crippen LogP contribution in [0.15, 0.2) is 42.5 Å². The lowest BCUT2D eigenvalue weighted by Gasteiger charge is -2.44. The third-order valence-corrected chi connectivity index (χ3v) is 6.02. The molecule has 2 aromatic rings. The van der Waals surface area contributed by atoms with Crippen LogP contribution in [-0.4, -0.2) is 29.8 Å². The molecule has 0 amide bonds. The molecule has 2 aliphatic heterocycles. The maximum Gasteiger partial charge on any atom is 0.254 e. The van der Waals surface area contributed by atoms with Crippen molar-refractivity contribution in [2.75, 3.05) is 13.1 Å². The molecule has 0 bridgehead atoms. The van der Waals surface area contributed by atoms with Gasteiger partial charge < -0.3 is 9.47 Å². The van der Waals surface area contributed by atoms with Gasteiger partial charge in [-0.1, -0.05) is 36.8 Å². The Morgan fingerprint density at radius 2 is 1.62 bits per heavy atom. The zero-order valence-corrected chi connectivity index (χ0v) is 14.8. The molecule has 2 heterocycles. The molecule has 2 aromatic carbocycles. The second-order valence-electron chi connectivity index (χ2n) is 7.56. The maximum atomic E-state index is 7.07. The minimum Gasteiger partial charge on any atom is -0.448 e. The number of benzene rings is 2. The summed E-state index contributed by atoms with van der Waals surface area (Å²) in [6.07, 6.45) is 5.93. The van der Waals surface area contributed by atoms with Gasteiger partial charge in [0.2, 0.25) is 0 Å². The van der Waals surface area contributed by atoms with Gasteiger partial charge >= 0.3 is 0 Å². The summed E-state index contributed by atoms with van der Waals surface area (Å²) in [7, 11) is 0. The zero-order chi connectivity index (χ0) is 17.6. The van der Waals surface area contributed by atoms with E-state index < -0.39 is 5.79 Å². The Labute approximate surface area is 154 Å². The van der Waals surface area contributed by atoms with Gasteiger partial charge in [0.1, 0.15) is 0 Å². The molecule has 26 heavy (non-hydrogen) atoms. The fourth-order valence-corrected chi connectivity index (χ4v) is 4.19. The Balaban J connectivity index is 1.33. The molecule has 4 nitrogen and oxygen atoms in total. The number of hydrogen-bond acceptors (Lipinski definition) is 3. The van der Waals surface area contributed by atoms with Crippen LogP contribution in [0.3, 0.4) is 0 Å². The molecular formula is C22H22N2O2. The van der Waals surface area contributed by atoms with Gasteiger partial charge in [0.15, 0.2) is 17.2 Å². The average Bonchev–Trinajstić information content (AvgIpc) is 2.99. The van der Waals surface area contributed by atoms with Crippen LogP contribution in [0, 0.1) is 6.57 Å². The molecule has 2 fully saturated rings. The SMILES string of the molecule is [C-]#[N+]c1ccc(-c2ccc3c(c2)OC2(CCN(C4CCC4)CC2)O3)cc1. The van der Waals surface area contributed by atoms with Crippen LogP contribution in [0.4, 0.5) is 5.69 Å². The number of fused-ring (bicyclic) bond motifs is 1. The average molecular weight is 346 g/mol. The van der Waals surface area contributed by atoms with Gasteiger partial charge in [-0.05, 0) is 36.1 Å². The minimum atomic E-state index is -0.477. The molecule has 1 spiro atoms. The van der Waals surface area contributed by atoms with E-state index >= 15 is 0 Å². The molecule has 1 saturated carbocycles. The van der Waals surface area contributed by atoms with E-state index in [-0.39, 0.29) is 0 Å². The van der Waals surface area contributed by atoms with Crippen molar-refractivity contribution in [2.45, 2.75) is 43.9 Å². The highest BCUT2D eigenvalue weighted by Gasteiger charge is 2.45. The van der Waals surface area contributed by atoms with Crippen LogP contribution in [-0.2, 0) is 0 Å². The van der Waals surface area contributed by atoms with Gasteiger partial charge in [-0.25, -0.2) is 4.85 Å². The molecule has 5 rings (SSSR count). The number of hydrogen-bond donors (Lipinski definition) is 0. The van der Waals surface area contributed by atoms with Crippen molar-refractivity contribution in [1.82, 2.24) is 4.90 Å². The van der Waals surface area contributed by atoms with Gasteiger partial charge in [-0.2, -0.15) is 0 Å². The summed E-state index contributed by atoms with van der Waals surface area (Å²) >= 11 is 0. The largest absolute Gasteiger partial charge is 0.448 e. The van der Waals surface area contributed by atoms with Gasteiger partial charge in [0.05, 0.1) is 6.57 Å². The number of likely N-dealkylation sites (tertiary alicyclic amines) is 1. The van der Waals surface area contributed by atoms with Crippen molar-refractivity contribution in [2.24, 2.45) is 0 Å². The maximum absolute atomic E-state index is 7.07. The summed E-state index contributed by atoms with van der Waals surface area (Å²) in [6.45, 7) is 9.19. The second-order valence-corrected chi connectivity index (χ2v) is 7.56. The van der Waals surface area contributed by atoms with Crippen molar-refractivity contribution >= 4 is 5.69 Å². The number of ether oxygens (including phenoxy) is 2. The smallest absolute Gasteiger partial charge is 0.254 e. The van der Waals surface area contributed by atoms with Gasteiger partial charge in [-0.3, -0.25) is 4.90 Å². The molecule has 1 saturated heterocycles. The Bertz CT molecular complexity index is 857. The van der Waals surface area contributed by atoms with E-state index in [1.807, 2.05) is 30.3 Å². The first-order chi connectivity index (χ1) is 12.7. The fraction of sp³-hybridized carbons (Fsp3) is 0.409. The number of nitrogens with zero attached hydrogens (tertiary/aromatic N) is 2. The van der Waals surface area contributed by atoms with Crippen molar-refractivity contribution in [3.8, 4) is 22.6 Å².